The van der Waals surface area contributed by atoms with Crippen molar-refractivity contribution >= 4 is 5.91 Å². The summed E-state index contributed by atoms with van der Waals surface area (Å²) in [7, 11) is 0. The number of ether oxygens (including phenoxy) is 1. The summed E-state index contributed by atoms with van der Waals surface area (Å²) in [5.41, 5.74) is 0.175. The molecule has 0 bridgehead atoms. The van der Waals surface area contributed by atoms with Gasteiger partial charge in [-0.25, -0.2) is 0 Å². The van der Waals surface area contributed by atoms with Gasteiger partial charge in [-0.2, -0.15) is 0 Å². The van der Waals surface area contributed by atoms with Crippen LogP contribution in [0.4, 0.5) is 0 Å². The van der Waals surface area contributed by atoms with E-state index in [9.17, 15) is 4.79 Å². The van der Waals surface area contributed by atoms with Crippen molar-refractivity contribution in [3.05, 3.63) is 0 Å². The van der Waals surface area contributed by atoms with E-state index in [1.54, 1.807) is 0 Å². The topological polar surface area (TPSA) is 50.4 Å². The summed E-state index contributed by atoms with van der Waals surface area (Å²) < 4.78 is 5.17. The predicted octanol–water partition coefficient (Wildman–Crippen LogP) is 0.527. The lowest BCUT2D eigenvalue weighted by Gasteiger charge is -2.38. The molecule has 2 atom stereocenters. The molecule has 0 saturated carbocycles. The number of hydrogen-bond acceptors (Lipinski definition) is 3. The van der Waals surface area contributed by atoms with Crippen molar-refractivity contribution in [2.24, 2.45) is 11.3 Å². The SMILES string of the molecule is CC1CC(C(=O)NCC2(C)COC2)CCN1. The molecule has 2 unspecified atom stereocenters. The summed E-state index contributed by atoms with van der Waals surface area (Å²) in [6.07, 6.45) is 1.92. The third kappa shape index (κ3) is 2.74. The van der Waals surface area contributed by atoms with E-state index in [2.05, 4.69) is 24.5 Å². The van der Waals surface area contributed by atoms with Gasteiger partial charge in [0, 0.05) is 23.9 Å². The molecule has 0 aromatic rings. The summed E-state index contributed by atoms with van der Waals surface area (Å²) >= 11 is 0. The van der Waals surface area contributed by atoms with Gasteiger partial charge in [-0.05, 0) is 26.3 Å². The van der Waals surface area contributed by atoms with Crippen LogP contribution in [-0.4, -0.2) is 38.3 Å². The van der Waals surface area contributed by atoms with E-state index < -0.39 is 0 Å². The van der Waals surface area contributed by atoms with Gasteiger partial charge in [0.15, 0.2) is 0 Å². The second-order valence-electron chi connectivity index (χ2n) is 5.60. The Labute approximate surface area is 97.1 Å². The van der Waals surface area contributed by atoms with Gasteiger partial charge < -0.3 is 15.4 Å². The number of amides is 1. The van der Waals surface area contributed by atoms with E-state index >= 15 is 0 Å². The lowest BCUT2D eigenvalue weighted by atomic mass is 9.87. The molecular weight excluding hydrogens is 204 g/mol. The van der Waals surface area contributed by atoms with Gasteiger partial charge in [0.05, 0.1) is 13.2 Å². The molecule has 2 fully saturated rings. The fourth-order valence-electron chi connectivity index (χ4n) is 2.37. The summed E-state index contributed by atoms with van der Waals surface area (Å²) in [6.45, 7) is 7.55. The summed E-state index contributed by atoms with van der Waals surface area (Å²) in [6, 6.07) is 0.465. The molecule has 2 heterocycles. The van der Waals surface area contributed by atoms with Crippen molar-refractivity contribution in [1.29, 1.82) is 0 Å². The predicted molar refractivity (Wildman–Crippen MR) is 62.1 cm³/mol. The van der Waals surface area contributed by atoms with Crippen molar-refractivity contribution < 1.29 is 9.53 Å². The number of carbonyl (C=O) groups is 1. The first-order valence-corrected chi connectivity index (χ1v) is 6.18. The molecule has 2 N–H and O–H groups in total. The minimum atomic E-state index is 0.175. The van der Waals surface area contributed by atoms with E-state index in [0.717, 1.165) is 39.1 Å². The Kier molecular flexibility index (Phi) is 3.50. The first-order chi connectivity index (χ1) is 7.59. The zero-order valence-electron chi connectivity index (χ0n) is 10.2. The van der Waals surface area contributed by atoms with E-state index in [-0.39, 0.29) is 17.2 Å². The highest BCUT2D eigenvalue weighted by Crippen LogP contribution is 2.25. The first kappa shape index (κ1) is 11.9. The molecular formula is C12H22N2O2. The van der Waals surface area contributed by atoms with Crippen LogP contribution in [0.2, 0.25) is 0 Å². The lowest BCUT2D eigenvalue weighted by molar-refractivity contribution is -0.131. The third-order valence-electron chi connectivity index (χ3n) is 3.58. The normalized spacial score (nSPS) is 32.9. The minimum Gasteiger partial charge on any atom is -0.380 e. The maximum Gasteiger partial charge on any atom is 0.223 e. The highest BCUT2D eigenvalue weighted by molar-refractivity contribution is 5.78. The van der Waals surface area contributed by atoms with Crippen molar-refractivity contribution in [1.82, 2.24) is 10.6 Å². The molecule has 92 valence electrons. The summed E-state index contributed by atoms with van der Waals surface area (Å²) in [4.78, 5) is 12.0. The van der Waals surface area contributed by atoms with Gasteiger partial charge in [0.2, 0.25) is 5.91 Å². The standard InChI is InChI=1S/C12H22N2O2/c1-9-5-10(3-4-13-9)11(15)14-6-12(2)7-16-8-12/h9-10,13H,3-8H2,1-2H3,(H,14,15). The zero-order valence-corrected chi connectivity index (χ0v) is 10.2. The monoisotopic (exact) mass is 226 g/mol. The second kappa shape index (κ2) is 4.72. The molecule has 4 nitrogen and oxygen atoms in total. The van der Waals surface area contributed by atoms with Crippen molar-refractivity contribution in [2.45, 2.75) is 32.7 Å². The molecule has 0 aromatic carbocycles. The largest absolute Gasteiger partial charge is 0.380 e. The van der Waals surface area contributed by atoms with E-state index in [4.69, 9.17) is 4.74 Å². The van der Waals surface area contributed by atoms with Gasteiger partial charge >= 0.3 is 0 Å². The molecule has 0 spiro atoms. The average Bonchev–Trinajstić information content (AvgIpc) is 2.23. The molecule has 2 saturated heterocycles. The van der Waals surface area contributed by atoms with Crippen LogP contribution in [0.3, 0.4) is 0 Å². The molecule has 2 rings (SSSR count). The zero-order chi connectivity index (χ0) is 11.6. The van der Waals surface area contributed by atoms with Crippen LogP contribution in [-0.2, 0) is 9.53 Å². The minimum absolute atomic E-state index is 0.175. The highest BCUT2D eigenvalue weighted by Gasteiger charge is 2.34. The maximum absolute atomic E-state index is 12.0. The molecule has 4 heteroatoms. The van der Waals surface area contributed by atoms with Crippen LogP contribution >= 0.6 is 0 Å². The summed E-state index contributed by atoms with van der Waals surface area (Å²) in [5.74, 6) is 0.419. The fourth-order valence-corrected chi connectivity index (χ4v) is 2.37. The van der Waals surface area contributed by atoms with Gasteiger partial charge in [-0.1, -0.05) is 6.92 Å². The Morgan fingerprint density at radius 2 is 2.31 bits per heavy atom. The van der Waals surface area contributed by atoms with Crippen LogP contribution in [0.15, 0.2) is 0 Å². The Balaban J connectivity index is 1.74. The lowest BCUT2D eigenvalue weighted by Crippen LogP contribution is -2.50. The van der Waals surface area contributed by atoms with E-state index in [0.29, 0.717) is 6.04 Å². The van der Waals surface area contributed by atoms with Crippen LogP contribution < -0.4 is 10.6 Å². The van der Waals surface area contributed by atoms with E-state index in [1.807, 2.05) is 0 Å². The average molecular weight is 226 g/mol. The molecule has 0 radical (unpaired) electrons. The van der Waals surface area contributed by atoms with Crippen LogP contribution in [0.25, 0.3) is 0 Å². The van der Waals surface area contributed by atoms with Crippen molar-refractivity contribution in [3.63, 3.8) is 0 Å². The number of nitrogens with one attached hydrogen (secondary N) is 2. The van der Waals surface area contributed by atoms with Gasteiger partial charge in [0.25, 0.3) is 0 Å². The van der Waals surface area contributed by atoms with Gasteiger partial charge in [0.1, 0.15) is 0 Å². The molecule has 0 aliphatic carbocycles. The van der Waals surface area contributed by atoms with E-state index in [1.165, 1.54) is 0 Å². The molecule has 2 aliphatic rings. The molecule has 1 amide bonds. The quantitative estimate of drug-likeness (QED) is 0.738. The number of hydrogen-bond donors (Lipinski definition) is 2. The van der Waals surface area contributed by atoms with Gasteiger partial charge in [-0.3, -0.25) is 4.79 Å². The van der Waals surface area contributed by atoms with Crippen LogP contribution in [0.5, 0.6) is 0 Å². The van der Waals surface area contributed by atoms with Crippen LogP contribution in [0.1, 0.15) is 26.7 Å². The van der Waals surface area contributed by atoms with Crippen molar-refractivity contribution in [2.75, 3.05) is 26.3 Å². The highest BCUT2D eigenvalue weighted by atomic mass is 16.5. The third-order valence-corrected chi connectivity index (χ3v) is 3.58. The molecule has 0 aromatic heterocycles. The Morgan fingerprint density at radius 3 is 2.88 bits per heavy atom. The molecule has 16 heavy (non-hydrogen) atoms. The summed E-state index contributed by atoms with van der Waals surface area (Å²) in [5, 5.41) is 6.43. The molecule has 2 aliphatic heterocycles. The Bertz CT molecular complexity index is 264. The van der Waals surface area contributed by atoms with Crippen molar-refractivity contribution in [3.8, 4) is 0 Å². The number of rotatable bonds is 3. The Hall–Kier alpha value is -0.610. The second-order valence-corrected chi connectivity index (χ2v) is 5.60. The number of carbonyl (C=O) groups excluding carboxylic acids is 1. The maximum atomic E-state index is 12.0. The van der Waals surface area contributed by atoms with Gasteiger partial charge in [-0.15, -0.1) is 0 Å². The Morgan fingerprint density at radius 1 is 1.56 bits per heavy atom. The fraction of sp³-hybridized carbons (Fsp3) is 0.917. The van der Waals surface area contributed by atoms with Crippen LogP contribution in [0, 0.1) is 11.3 Å². The first-order valence-electron chi connectivity index (χ1n) is 6.18. The smallest absolute Gasteiger partial charge is 0.223 e. The number of piperidine rings is 1.